The molecule has 1 aromatic rings. The Labute approximate surface area is 132 Å². The number of hydrogen-bond acceptors (Lipinski definition) is 4. The monoisotopic (exact) mass is 308 g/mol. The van der Waals surface area contributed by atoms with Gasteiger partial charge >= 0.3 is 0 Å². The molecule has 118 valence electrons. The van der Waals surface area contributed by atoms with Crippen molar-refractivity contribution in [2.75, 3.05) is 13.1 Å². The second kappa shape index (κ2) is 5.99. The molecule has 1 aliphatic heterocycles. The quantitative estimate of drug-likeness (QED) is 0.902. The Balaban J connectivity index is 1.78. The van der Waals surface area contributed by atoms with Crippen LogP contribution in [0.3, 0.4) is 0 Å². The van der Waals surface area contributed by atoms with Crippen LogP contribution >= 0.6 is 11.3 Å². The molecule has 4 heteroatoms. The van der Waals surface area contributed by atoms with Gasteiger partial charge in [-0.1, -0.05) is 12.8 Å². The minimum Gasteiger partial charge on any atom is -0.390 e. The van der Waals surface area contributed by atoms with Crippen molar-refractivity contribution in [3.05, 3.63) is 21.9 Å². The fourth-order valence-electron chi connectivity index (χ4n) is 4.23. The van der Waals surface area contributed by atoms with Gasteiger partial charge in [-0.15, -0.1) is 11.3 Å². The zero-order chi connectivity index (χ0) is 15.0. The first-order valence-corrected chi connectivity index (χ1v) is 9.09. The molecule has 0 aromatic carbocycles. The van der Waals surface area contributed by atoms with Crippen molar-refractivity contribution < 1.29 is 5.11 Å². The van der Waals surface area contributed by atoms with Gasteiger partial charge in [0.2, 0.25) is 0 Å². The molecule has 1 saturated carbocycles. The maximum absolute atomic E-state index is 10.8. The lowest BCUT2D eigenvalue weighted by Crippen LogP contribution is -2.55. The predicted octanol–water partition coefficient (Wildman–Crippen LogP) is 3.07. The van der Waals surface area contributed by atoms with Gasteiger partial charge in [0.05, 0.1) is 11.6 Å². The third-order valence-corrected chi connectivity index (χ3v) is 6.47. The van der Waals surface area contributed by atoms with Crippen LogP contribution in [0.15, 0.2) is 12.1 Å². The van der Waals surface area contributed by atoms with E-state index in [-0.39, 0.29) is 6.04 Å². The first kappa shape index (κ1) is 15.5. The maximum Gasteiger partial charge on any atom is 0.0700 e. The number of fused-ring (bicyclic) bond motifs is 1. The zero-order valence-corrected chi connectivity index (χ0v) is 14.0. The van der Waals surface area contributed by atoms with Crippen LogP contribution in [0.1, 0.15) is 54.8 Å². The standard InChI is InChI=1S/C17H28N2OS/c1-12-6-7-15(21-12)16(13(2)18)19-10-9-17(20)8-4-3-5-14(17)11-19/h6-7,13-14,16,20H,3-5,8-11,18H2,1-2H3. The summed E-state index contributed by atoms with van der Waals surface area (Å²) < 4.78 is 0. The van der Waals surface area contributed by atoms with E-state index in [1.54, 1.807) is 0 Å². The van der Waals surface area contributed by atoms with Crippen LogP contribution in [0, 0.1) is 12.8 Å². The highest BCUT2D eigenvalue weighted by Gasteiger charge is 2.44. The molecule has 1 aliphatic carbocycles. The van der Waals surface area contributed by atoms with Crippen molar-refractivity contribution in [1.29, 1.82) is 0 Å². The summed E-state index contributed by atoms with van der Waals surface area (Å²) in [4.78, 5) is 5.26. The number of rotatable bonds is 3. The van der Waals surface area contributed by atoms with Gasteiger partial charge in [-0.25, -0.2) is 0 Å². The highest BCUT2D eigenvalue weighted by Crippen LogP contribution is 2.42. The van der Waals surface area contributed by atoms with Gasteiger partial charge in [-0.05, 0) is 45.2 Å². The Morgan fingerprint density at radius 1 is 1.38 bits per heavy atom. The van der Waals surface area contributed by atoms with E-state index in [1.165, 1.54) is 29.0 Å². The topological polar surface area (TPSA) is 49.5 Å². The van der Waals surface area contributed by atoms with Crippen LogP contribution in [0.2, 0.25) is 0 Å². The summed E-state index contributed by atoms with van der Waals surface area (Å²) in [6.45, 7) is 6.24. The van der Waals surface area contributed by atoms with E-state index < -0.39 is 5.60 Å². The van der Waals surface area contributed by atoms with E-state index in [4.69, 9.17) is 5.73 Å². The lowest BCUT2D eigenvalue weighted by molar-refractivity contribution is -0.104. The molecule has 0 bridgehead atoms. The molecule has 3 N–H and O–H groups in total. The minimum atomic E-state index is -0.400. The largest absolute Gasteiger partial charge is 0.390 e. The average Bonchev–Trinajstić information content (AvgIpc) is 2.85. The smallest absolute Gasteiger partial charge is 0.0700 e. The number of hydrogen-bond donors (Lipinski definition) is 2. The van der Waals surface area contributed by atoms with Crippen molar-refractivity contribution in [2.24, 2.45) is 11.7 Å². The predicted molar refractivity (Wildman–Crippen MR) is 88.5 cm³/mol. The number of thiophene rings is 1. The van der Waals surface area contributed by atoms with Crippen molar-refractivity contribution in [3.63, 3.8) is 0 Å². The van der Waals surface area contributed by atoms with Crippen molar-refractivity contribution >= 4 is 11.3 Å². The molecule has 4 atom stereocenters. The van der Waals surface area contributed by atoms with Crippen LogP contribution in [-0.2, 0) is 0 Å². The van der Waals surface area contributed by atoms with Crippen molar-refractivity contribution in [1.82, 2.24) is 4.90 Å². The van der Waals surface area contributed by atoms with Gasteiger partial charge in [0.1, 0.15) is 0 Å². The second-order valence-electron chi connectivity index (χ2n) is 7.04. The molecular weight excluding hydrogens is 280 g/mol. The molecule has 4 unspecified atom stereocenters. The molecule has 2 aliphatic rings. The third kappa shape index (κ3) is 3.04. The summed E-state index contributed by atoms with van der Waals surface area (Å²) in [5, 5.41) is 10.8. The number of nitrogens with two attached hydrogens (primary N) is 1. The van der Waals surface area contributed by atoms with Crippen LogP contribution in [0.5, 0.6) is 0 Å². The SMILES string of the molecule is Cc1ccc(C(C(C)N)N2CCC3(O)CCCCC3C2)s1. The molecule has 1 saturated heterocycles. The Bertz CT molecular complexity index is 487. The lowest BCUT2D eigenvalue weighted by Gasteiger charge is -2.49. The van der Waals surface area contributed by atoms with Crippen LogP contribution < -0.4 is 5.73 Å². The molecule has 3 rings (SSSR count). The first-order chi connectivity index (χ1) is 9.99. The Hall–Kier alpha value is -0.420. The molecule has 2 heterocycles. The summed E-state index contributed by atoms with van der Waals surface area (Å²) in [6, 6.07) is 4.85. The second-order valence-corrected chi connectivity index (χ2v) is 8.36. The molecular formula is C17H28N2OS. The van der Waals surface area contributed by atoms with Crippen LogP contribution in [0.25, 0.3) is 0 Å². The van der Waals surface area contributed by atoms with Gasteiger partial charge < -0.3 is 10.8 Å². The Morgan fingerprint density at radius 2 is 2.19 bits per heavy atom. The van der Waals surface area contributed by atoms with Crippen LogP contribution in [0.4, 0.5) is 0 Å². The first-order valence-electron chi connectivity index (χ1n) is 8.28. The van der Waals surface area contributed by atoms with E-state index in [0.717, 1.165) is 25.9 Å². The summed E-state index contributed by atoms with van der Waals surface area (Å²) in [7, 11) is 0. The Kier molecular flexibility index (Phi) is 4.42. The highest BCUT2D eigenvalue weighted by molar-refractivity contribution is 7.12. The van der Waals surface area contributed by atoms with Crippen molar-refractivity contribution in [3.8, 4) is 0 Å². The molecule has 3 nitrogen and oxygen atoms in total. The fourth-order valence-corrected chi connectivity index (χ4v) is 5.36. The highest BCUT2D eigenvalue weighted by atomic mass is 32.1. The Morgan fingerprint density at radius 3 is 2.86 bits per heavy atom. The summed E-state index contributed by atoms with van der Waals surface area (Å²) in [6.07, 6.45) is 5.52. The van der Waals surface area contributed by atoms with Gasteiger partial charge in [0.25, 0.3) is 0 Å². The molecule has 0 amide bonds. The van der Waals surface area contributed by atoms with Gasteiger partial charge in [-0.3, -0.25) is 4.90 Å². The van der Waals surface area contributed by atoms with Gasteiger partial charge in [0.15, 0.2) is 0 Å². The molecule has 0 radical (unpaired) electrons. The minimum absolute atomic E-state index is 0.123. The zero-order valence-electron chi connectivity index (χ0n) is 13.2. The normalized spacial score (nSPS) is 33.4. The molecule has 21 heavy (non-hydrogen) atoms. The van der Waals surface area contributed by atoms with E-state index >= 15 is 0 Å². The van der Waals surface area contributed by atoms with Gasteiger partial charge in [-0.2, -0.15) is 0 Å². The molecule has 1 aromatic heterocycles. The van der Waals surface area contributed by atoms with Crippen molar-refractivity contribution in [2.45, 2.75) is 63.6 Å². The summed E-state index contributed by atoms with van der Waals surface area (Å²) in [5.41, 5.74) is 5.91. The van der Waals surface area contributed by atoms with E-state index in [2.05, 4.69) is 30.9 Å². The summed E-state index contributed by atoms with van der Waals surface area (Å²) in [5.74, 6) is 0.433. The lowest BCUT2D eigenvalue weighted by atomic mass is 9.71. The third-order valence-electron chi connectivity index (χ3n) is 5.40. The van der Waals surface area contributed by atoms with E-state index in [9.17, 15) is 5.11 Å². The van der Waals surface area contributed by atoms with Crippen LogP contribution in [-0.4, -0.2) is 34.7 Å². The maximum atomic E-state index is 10.8. The number of piperidine rings is 1. The number of likely N-dealkylation sites (tertiary alicyclic amines) is 1. The molecule has 0 spiro atoms. The summed E-state index contributed by atoms with van der Waals surface area (Å²) >= 11 is 1.86. The van der Waals surface area contributed by atoms with E-state index in [1.807, 2.05) is 11.3 Å². The average molecular weight is 308 g/mol. The number of aryl methyl sites for hydroxylation is 1. The molecule has 2 fully saturated rings. The van der Waals surface area contributed by atoms with Gasteiger partial charge in [0, 0.05) is 34.8 Å². The number of aliphatic hydroxyl groups is 1. The number of nitrogens with zero attached hydrogens (tertiary/aromatic N) is 1. The fraction of sp³-hybridized carbons (Fsp3) is 0.765. The van der Waals surface area contributed by atoms with E-state index in [0.29, 0.717) is 12.0 Å².